The van der Waals surface area contributed by atoms with Crippen LogP contribution in [0, 0.1) is 0 Å². The molecule has 3 aliphatic carbocycles. The number of benzene rings is 2. The maximum atomic E-state index is 13.2. The number of fused-ring (bicyclic) bond motifs is 2. The predicted molar refractivity (Wildman–Crippen MR) is 208 cm³/mol. The number of H-pyrrole nitrogens is 2. The SMILES string of the molecule is COC(=O)NC(C)CN1CCCC1c1ncc(-c2ccc(-c3ccc(-c4cnc(C5CCCN5C(=O)C(C)NC(=O)OC)[nH]4)cc3)c3c2C2CCC3CC2)[nH]1. The van der Waals surface area contributed by atoms with Crippen LogP contribution in [0.4, 0.5) is 9.59 Å². The van der Waals surface area contributed by atoms with E-state index in [0.717, 1.165) is 67.4 Å². The second kappa shape index (κ2) is 15.5. The van der Waals surface area contributed by atoms with Crippen molar-refractivity contribution in [3.05, 3.63) is 71.6 Å². The average molecular weight is 749 g/mol. The molecule has 4 aromatic rings. The number of hydrogen-bond donors (Lipinski definition) is 4. The van der Waals surface area contributed by atoms with Crippen molar-refractivity contribution >= 4 is 18.1 Å². The molecule has 5 aliphatic rings. The van der Waals surface area contributed by atoms with Gasteiger partial charge in [0, 0.05) is 24.7 Å². The number of rotatable bonds is 10. The van der Waals surface area contributed by atoms with Gasteiger partial charge in [-0.1, -0.05) is 36.4 Å². The van der Waals surface area contributed by atoms with Crippen LogP contribution in [0.1, 0.15) is 112 Å². The minimum atomic E-state index is -0.691. The predicted octanol–water partition coefficient (Wildman–Crippen LogP) is 7.18. The molecular formula is C42H52N8O5. The van der Waals surface area contributed by atoms with Gasteiger partial charge in [0.1, 0.15) is 17.7 Å². The number of imidazole rings is 2. The Balaban J connectivity index is 1.02. The topological polar surface area (TPSA) is 158 Å². The highest BCUT2D eigenvalue weighted by Gasteiger charge is 2.38. The van der Waals surface area contributed by atoms with Crippen molar-refractivity contribution in [2.75, 3.05) is 33.9 Å². The van der Waals surface area contributed by atoms with E-state index in [0.29, 0.717) is 18.4 Å². The van der Waals surface area contributed by atoms with Gasteiger partial charge in [0.15, 0.2) is 0 Å². The normalized spacial score (nSPS) is 22.9. The highest BCUT2D eigenvalue weighted by atomic mass is 16.5. The highest BCUT2D eigenvalue weighted by Crippen LogP contribution is 2.55. The van der Waals surface area contributed by atoms with E-state index in [1.54, 1.807) is 11.8 Å². The summed E-state index contributed by atoms with van der Waals surface area (Å²) >= 11 is 0. The zero-order valence-electron chi connectivity index (χ0n) is 32.2. The van der Waals surface area contributed by atoms with Crippen LogP contribution in [0.2, 0.25) is 0 Å². The van der Waals surface area contributed by atoms with E-state index >= 15 is 0 Å². The molecule has 13 heteroatoms. The van der Waals surface area contributed by atoms with E-state index in [-0.39, 0.29) is 24.0 Å². The van der Waals surface area contributed by atoms with Crippen molar-refractivity contribution in [3.63, 3.8) is 0 Å². The summed E-state index contributed by atoms with van der Waals surface area (Å²) in [6, 6.07) is 12.6. The van der Waals surface area contributed by atoms with Crippen LogP contribution in [0.25, 0.3) is 33.6 Å². The Morgan fingerprint density at radius 2 is 1.29 bits per heavy atom. The number of amides is 3. The van der Waals surface area contributed by atoms with Gasteiger partial charge in [-0.3, -0.25) is 9.69 Å². The summed E-state index contributed by atoms with van der Waals surface area (Å²) < 4.78 is 9.49. The number of alkyl carbamates (subject to hydrolysis) is 2. The number of hydrogen-bond acceptors (Lipinski definition) is 8. The van der Waals surface area contributed by atoms with Gasteiger partial charge < -0.3 is 35.0 Å². The van der Waals surface area contributed by atoms with Crippen LogP contribution < -0.4 is 10.6 Å². The van der Waals surface area contributed by atoms with Crippen LogP contribution in [0.5, 0.6) is 0 Å². The third kappa shape index (κ3) is 7.21. The second-order valence-electron chi connectivity index (χ2n) is 15.7. The first-order valence-corrected chi connectivity index (χ1v) is 19.8. The third-order valence-corrected chi connectivity index (χ3v) is 12.3. The van der Waals surface area contributed by atoms with E-state index in [9.17, 15) is 14.4 Å². The highest BCUT2D eigenvalue weighted by molar-refractivity contribution is 5.86. The van der Waals surface area contributed by atoms with E-state index in [1.165, 1.54) is 67.7 Å². The number of carbonyl (C=O) groups is 3. The maximum Gasteiger partial charge on any atom is 0.407 e. The summed E-state index contributed by atoms with van der Waals surface area (Å²) in [5, 5.41) is 5.49. The Bertz CT molecular complexity index is 2030. The number of likely N-dealkylation sites (tertiary alicyclic amines) is 2. The standard InChI is InChI=1S/C42H52N8O5/c1-24(45-41(52)54-3)23-49-19-5-7-34(49)38-44-22-33(48-38)31-18-17-30(36-28-13-15-29(16-14-28)37(31)36)26-9-11-27(12-10-26)32-21-43-39(47-32)35-8-6-20-50(35)40(51)25(2)46-42(53)55-4/h9-12,17-18,21-22,24-25,28-29,34-35H,5-8,13-16,19-20,23H2,1-4H3,(H,43,47)(H,44,48)(H,45,52)(H,46,53). The molecule has 2 saturated heterocycles. The number of methoxy groups -OCH3 is 2. The molecule has 4 atom stereocenters. The van der Waals surface area contributed by atoms with Gasteiger partial charge in [-0.15, -0.1) is 0 Å². The van der Waals surface area contributed by atoms with Gasteiger partial charge >= 0.3 is 12.2 Å². The zero-order chi connectivity index (χ0) is 38.2. The Hall–Kier alpha value is -5.17. The van der Waals surface area contributed by atoms with Crippen LogP contribution in [0.3, 0.4) is 0 Å². The summed E-state index contributed by atoms with van der Waals surface area (Å²) in [4.78, 5) is 57.8. The fraction of sp³-hybridized carbons (Fsp3) is 0.500. The van der Waals surface area contributed by atoms with Gasteiger partial charge in [-0.25, -0.2) is 19.6 Å². The molecule has 2 bridgehead atoms. The van der Waals surface area contributed by atoms with Crippen molar-refractivity contribution in [1.29, 1.82) is 0 Å². The van der Waals surface area contributed by atoms with E-state index < -0.39 is 18.2 Å². The van der Waals surface area contributed by atoms with Crippen molar-refractivity contribution in [1.82, 2.24) is 40.4 Å². The van der Waals surface area contributed by atoms with Crippen LogP contribution in [-0.4, -0.2) is 93.8 Å². The molecule has 9 rings (SSSR count). The molecule has 55 heavy (non-hydrogen) atoms. The minimum Gasteiger partial charge on any atom is -0.453 e. The maximum absolute atomic E-state index is 13.2. The fourth-order valence-electron chi connectivity index (χ4n) is 9.67. The molecular weight excluding hydrogens is 697 g/mol. The lowest BCUT2D eigenvalue weighted by atomic mass is 9.64. The third-order valence-electron chi connectivity index (χ3n) is 12.3. The van der Waals surface area contributed by atoms with Gasteiger partial charge in [0.2, 0.25) is 5.91 Å². The smallest absolute Gasteiger partial charge is 0.407 e. The Morgan fingerprint density at radius 1 is 0.727 bits per heavy atom. The minimum absolute atomic E-state index is 0.0308. The van der Waals surface area contributed by atoms with E-state index in [2.05, 4.69) is 66.6 Å². The Morgan fingerprint density at radius 3 is 2.00 bits per heavy atom. The Kier molecular flexibility index (Phi) is 10.4. The average Bonchev–Trinajstić information content (AvgIpc) is 4.05. The van der Waals surface area contributed by atoms with Crippen LogP contribution in [0.15, 0.2) is 48.8 Å². The second-order valence-corrected chi connectivity index (χ2v) is 15.7. The monoisotopic (exact) mass is 748 g/mol. The summed E-state index contributed by atoms with van der Waals surface area (Å²) in [5.41, 5.74) is 9.81. The van der Waals surface area contributed by atoms with E-state index in [1.807, 2.05) is 19.3 Å². The lowest BCUT2D eigenvalue weighted by molar-refractivity contribution is -0.134. The lowest BCUT2D eigenvalue weighted by Gasteiger charge is -2.41. The number of nitrogens with one attached hydrogen (secondary N) is 4. The van der Waals surface area contributed by atoms with Crippen molar-refractivity contribution in [2.24, 2.45) is 0 Å². The molecule has 2 aromatic heterocycles. The van der Waals surface area contributed by atoms with Gasteiger partial charge in [-0.05, 0) is 111 Å². The van der Waals surface area contributed by atoms with Gasteiger partial charge in [0.05, 0.1) is 50.1 Å². The van der Waals surface area contributed by atoms with Gasteiger partial charge in [-0.2, -0.15) is 0 Å². The molecule has 0 radical (unpaired) electrons. The number of nitrogens with zero attached hydrogens (tertiary/aromatic N) is 4. The lowest BCUT2D eigenvalue weighted by Crippen LogP contribution is -2.46. The van der Waals surface area contributed by atoms with Crippen LogP contribution >= 0.6 is 0 Å². The summed E-state index contributed by atoms with van der Waals surface area (Å²) in [6.07, 6.45) is 11.5. The first kappa shape index (κ1) is 36.8. The van der Waals surface area contributed by atoms with Gasteiger partial charge in [0.25, 0.3) is 0 Å². The quantitative estimate of drug-likeness (QED) is 0.133. The molecule has 0 spiro atoms. The number of carbonyl (C=O) groups excluding carboxylic acids is 3. The molecule has 4 heterocycles. The molecule has 2 aromatic carbocycles. The van der Waals surface area contributed by atoms with Crippen molar-refractivity contribution < 1.29 is 23.9 Å². The fourth-order valence-corrected chi connectivity index (χ4v) is 9.67. The van der Waals surface area contributed by atoms with Crippen molar-refractivity contribution in [2.45, 2.75) is 101 Å². The molecule has 13 nitrogen and oxygen atoms in total. The molecule has 290 valence electrons. The molecule has 3 amide bonds. The van der Waals surface area contributed by atoms with Crippen molar-refractivity contribution in [3.8, 4) is 33.6 Å². The molecule has 2 aliphatic heterocycles. The molecule has 4 unspecified atom stereocenters. The van der Waals surface area contributed by atoms with Crippen LogP contribution in [-0.2, 0) is 14.3 Å². The molecule has 1 saturated carbocycles. The summed E-state index contributed by atoms with van der Waals surface area (Å²) in [5.74, 6) is 2.68. The number of ether oxygens (including phenoxy) is 2. The summed E-state index contributed by atoms with van der Waals surface area (Å²) in [7, 11) is 2.68. The zero-order valence-corrected chi connectivity index (χ0v) is 32.2. The largest absolute Gasteiger partial charge is 0.453 e. The number of aromatic nitrogens is 4. The molecule has 3 fully saturated rings. The number of aromatic amines is 2. The first-order valence-electron chi connectivity index (χ1n) is 19.8. The first-order chi connectivity index (χ1) is 26.7. The Labute approximate surface area is 322 Å². The van der Waals surface area contributed by atoms with E-state index in [4.69, 9.17) is 14.7 Å². The summed E-state index contributed by atoms with van der Waals surface area (Å²) in [6.45, 7) is 6.01. The molecule has 4 N–H and O–H groups in total.